The fourth-order valence-corrected chi connectivity index (χ4v) is 2.51. The summed E-state index contributed by atoms with van der Waals surface area (Å²) in [4.78, 5) is 0. The molecule has 1 aromatic rings. The lowest BCUT2D eigenvalue weighted by Gasteiger charge is -2.15. The van der Waals surface area contributed by atoms with Gasteiger partial charge in [-0.1, -0.05) is 11.6 Å². The fraction of sp³-hybridized carbons (Fsp3) is 0.417. The van der Waals surface area contributed by atoms with Crippen molar-refractivity contribution in [2.75, 3.05) is 18.1 Å². The van der Waals surface area contributed by atoms with Crippen molar-refractivity contribution in [3.05, 3.63) is 28.8 Å². The van der Waals surface area contributed by atoms with E-state index in [0.29, 0.717) is 15.3 Å². The van der Waals surface area contributed by atoms with Gasteiger partial charge in [0.1, 0.15) is 6.07 Å². The second-order valence-electron chi connectivity index (χ2n) is 4.04. The third-order valence-corrected chi connectivity index (χ3v) is 4.60. The summed E-state index contributed by atoms with van der Waals surface area (Å²) < 4.78 is 0.395. The van der Waals surface area contributed by atoms with E-state index in [1.165, 1.54) is 12.8 Å². The molecule has 0 atom stereocenters. The molecular formula is C12H13ClN2S. The zero-order valence-electron chi connectivity index (χ0n) is 9.09. The van der Waals surface area contributed by atoms with E-state index in [-0.39, 0.29) is 0 Å². The number of nitrogens with one attached hydrogen (secondary N) is 1. The molecule has 0 radical (unpaired) electrons. The Morgan fingerprint density at radius 2 is 2.31 bits per heavy atom. The topological polar surface area (TPSA) is 35.8 Å². The number of hydrogen-bond acceptors (Lipinski definition) is 3. The molecule has 1 fully saturated rings. The molecular weight excluding hydrogens is 240 g/mol. The Balaban J connectivity index is 2.07. The van der Waals surface area contributed by atoms with E-state index < -0.39 is 0 Å². The van der Waals surface area contributed by atoms with Crippen molar-refractivity contribution in [3.8, 4) is 6.07 Å². The van der Waals surface area contributed by atoms with Crippen molar-refractivity contribution in [2.45, 2.75) is 17.6 Å². The highest BCUT2D eigenvalue weighted by Gasteiger charge is 2.41. The average Bonchev–Trinajstić information content (AvgIpc) is 3.08. The van der Waals surface area contributed by atoms with Crippen LogP contribution in [0.3, 0.4) is 0 Å². The first-order valence-corrected chi connectivity index (χ1v) is 6.78. The average molecular weight is 253 g/mol. The van der Waals surface area contributed by atoms with Crippen LogP contribution >= 0.6 is 23.4 Å². The third kappa shape index (κ3) is 2.45. The zero-order valence-corrected chi connectivity index (χ0v) is 10.7. The van der Waals surface area contributed by atoms with Crippen LogP contribution in [0.15, 0.2) is 18.2 Å². The quantitative estimate of drug-likeness (QED) is 0.891. The summed E-state index contributed by atoms with van der Waals surface area (Å²) in [5, 5.41) is 12.9. The van der Waals surface area contributed by atoms with E-state index >= 15 is 0 Å². The molecule has 0 aromatic heterocycles. The van der Waals surface area contributed by atoms with Crippen LogP contribution in [0.2, 0.25) is 5.02 Å². The van der Waals surface area contributed by atoms with Crippen LogP contribution in [-0.4, -0.2) is 17.5 Å². The monoisotopic (exact) mass is 252 g/mol. The van der Waals surface area contributed by atoms with Gasteiger partial charge in [-0.15, -0.1) is 0 Å². The Morgan fingerprint density at radius 3 is 2.88 bits per heavy atom. The van der Waals surface area contributed by atoms with E-state index in [4.69, 9.17) is 16.9 Å². The van der Waals surface area contributed by atoms with Gasteiger partial charge in [-0.3, -0.25) is 0 Å². The number of thioether (sulfide) groups is 1. The summed E-state index contributed by atoms with van der Waals surface area (Å²) in [6, 6.07) is 7.54. The largest absolute Gasteiger partial charge is 0.383 e. The summed E-state index contributed by atoms with van der Waals surface area (Å²) in [5.74, 6) is 0. The van der Waals surface area contributed by atoms with Gasteiger partial charge in [-0.25, -0.2) is 0 Å². The number of rotatable bonds is 4. The van der Waals surface area contributed by atoms with Crippen molar-refractivity contribution in [1.29, 1.82) is 5.26 Å². The molecule has 0 spiro atoms. The predicted molar refractivity (Wildman–Crippen MR) is 70.1 cm³/mol. The molecule has 1 aliphatic rings. The van der Waals surface area contributed by atoms with Gasteiger partial charge in [-0.2, -0.15) is 17.0 Å². The summed E-state index contributed by atoms with van der Waals surface area (Å²) in [5.41, 5.74) is 1.50. The van der Waals surface area contributed by atoms with Crippen LogP contribution in [-0.2, 0) is 0 Å². The van der Waals surface area contributed by atoms with Crippen molar-refractivity contribution >= 4 is 29.1 Å². The van der Waals surface area contributed by atoms with E-state index in [1.807, 2.05) is 23.9 Å². The van der Waals surface area contributed by atoms with E-state index in [9.17, 15) is 0 Å². The van der Waals surface area contributed by atoms with Crippen molar-refractivity contribution in [1.82, 2.24) is 0 Å². The number of hydrogen-bond donors (Lipinski definition) is 1. The lowest BCUT2D eigenvalue weighted by molar-refractivity contribution is 0.949. The molecule has 4 heteroatoms. The maximum Gasteiger partial charge on any atom is 0.101 e. The van der Waals surface area contributed by atoms with Crippen LogP contribution in [0.4, 0.5) is 5.69 Å². The maximum atomic E-state index is 8.99. The minimum atomic E-state index is 0.395. The van der Waals surface area contributed by atoms with Gasteiger partial charge in [0.15, 0.2) is 0 Å². The fourth-order valence-electron chi connectivity index (χ4n) is 1.61. The highest BCUT2D eigenvalue weighted by molar-refractivity contribution is 8.00. The lowest BCUT2D eigenvalue weighted by Crippen LogP contribution is -2.17. The van der Waals surface area contributed by atoms with Crippen molar-refractivity contribution in [2.24, 2.45) is 0 Å². The molecule has 1 aromatic carbocycles. The Bertz CT molecular complexity index is 435. The SMILES string of the molecule is CSC1(CNc2ccc(Cl)cc2C#N)CC1. The van der Waals surface area contributed by atoms with E-state index in [1.54, 1.807) is 6.07 Å². The second-order valence-corrected chi connectivity index (χ2v) is 5.75. The Morgan fingerprint density at radius 1 is 1.56 bits per heavy atom. The molecule has 1 aliphatic carbocycles. The molecule has 2 rings (SSSR count). The van der Waals surface area contributed by atoms with Crippen molar-refractivity contribution < 1.29 is 0 Å². The molecule has 1 N–H and O–H groups in total. The summed E-state index contributed by atoms with van der Waals surface area (Å²) in [6.07, 6.45) is 4.66. The first kappa shape index (κ1) is 11.6. The van der Waals surface area contributed by atoms with Gasteiger partial charge in [-0.05, 0) is 37.3 Å². The molecule has 0 bridgehead atoms. The van der Waals surface area contributed by atoms with Gasteiger partial charge in [0.05, 0.1) is 11.3 Å². The Kier molecular flexibility index (Phi) is 3.32. The third-order valence-electron chi connectivity index (χ3n) is 2.94. The number of anilines is 1. The summed E-state index contributed by atoms with van der Waals surface area (Å²) in [6.45, 7) is 0.921. The Labute approximate surface area is 105 Å². The van der Waals surface area contributed by atoms with Crippen molar-refractivity contribution in [3.63, 3.8) is 0 Å². The zero-order chi connectivity index (χ0) is 11.6. The number of benzene rings is 1. The molecule has 0 unspecified atom stereocenters. The molecule has 0 aliphatic heterocycles. The Hall–Kier alpha value is -0.850. The lowest BCUT2D eigenvalue weighted by atomic mass is 10.2. The molecule has 16 heavy (non-hydrogen) atoms. The number of halogens is 1. The molecule has 2 nitrogen and oxygen atoms in total. The highest BCUT2D eigenvalue weighted by atomic mass is 35.5. The van der Waals surface area contributed by atoms with Crippen LogP contribution < -0.4 is 5.32 Å². The number of nitrogens with zero attached hydrogens (tertiary/aromatic N) is 1. The molecule has 0 heterocycles. The van der Waals surface area contributed by atoms with E-state index in [2.05, 4.69) is 17.6 Å². The number of nitriles is 1. The van der Waals surface area contributed by atoms with Gasteiger partial charge >= 0.3 is 0 Å². The first-order valence-electron chi connectivity index (χ1n) is 5.18. The van der Waals surface area contributed by atoms with Crippen LogP contribution in [0, 0.1) is 11.3 Å². The van der Waals surface area contributed by atoms with Gasteiger partial charge < -0.3 is 5.32 Å². The van der Waals surface area contributed by atoms with Gasteiger partial charge in [0.2, 0.25) is 0 Å². The summed E-state index contributed by atoms with van der Waals surface area (Å²) >= 11 is 7.74. The standard InChI is InChI=1S/C12H13ClN2S/c1-16-12(4-5-12)8-15-11-3-2-10(13)6-9(11)7-14/h2-3,6,15H,4-5,8H2,1H3. The second kappa shape index (κ2) is 4.57. The molecule has 84 valence electrons. The van der Waals surface area contributed by atoms with Gasteiger partial charge in [0, 0.05) is 16.3 Å². The first-order chi connectivity index (χ1) is 7.69. The minimum absolute atomic E-state index is 0.395. The smallest absolute Gasteiger partial charge is 0.101 e. The highest BCUT2D eigenvalue weighted by Crippen LogP contribution is 2.47. The molecule has 1 saturated carbocycles. The molecule has 0 saturated heterocycles. The van der Waals surface area contributed by atoms with Gasteiger partial charge in [0.25, 0.3) is 0 Å². The normalized spacial score (nSPS) is 16.6. The van der Waals surface area contributed by atoms with Crippen LogP contribution in [0.1, 0.15) is 18.4 Å². The minimum Gasteiger partial charge on any atom is -0.383 e. The molecule has 0 amide bonds. The predicted octanol–water partition coefficient (Wildman–Crippen LogP) is 3.52. The van der Waals surface area contributed by atoms with Crippen LogP contribution in [0.25, 0.3) is 0 Å². The van der Waals surface area contributed by atoms with Crippen LogP contribution in [0.5, 0.6) is 0 Å². The van der Waals surface area contributed by atoms with E-state index in [0.717, 1.165) is 12.2 Å². The summed E-state index contributed by atoms with van der Waals surface area (Å²) in [7, 11) is 0. The maximum absolute atomic E-state index is 8.99.